The van der Waals surface area contributed by atoms with Gasteiger partial charge in [-0.15, -0.1) is 0 Å². The van der Waals surface area contributed by atoms with Crippen molar-refractivity contribution in [3.8, 4) is 11.5 Å². The number of carbonyl (C=O) groups excluding carboxylic acids is 1. The number of carbonyl (C=O) groups is 1. The van der Waals surface area contributed by atoms with Crippen LogP contribution in [0.2, 0.25) is 0 Å². The Bertz CT molecular complexity index is 790. The number of rotatable bonds is 7. The van der Waals surface area contributed by atoms with E-state index < -0.39 is 0 Å². The number of ether oxygens (including phenoxy) is 2. The zero-order chi connectivity index (χ0) is 20.1. The lowest BCUT2D eigenvalue weighted by molar-refractivity contribution is 0.0627. The van der Waals surface area contributed by atoms with Crippen LogP contribution in [0.5, 0.6) is 11.5 Å². The molecule has 0 radical (unpaired) electrons. The van der Waals surface area contributed by atoms with Gasteiger partial charge in [0, 0.05) is 43.9 Å². The first-order valence-corrected chi connectivity index (χ1v) is 9.86. The topological polar surface area (TPSA) is 68.0 Å². The smallest absolute Gasteiger partial charge is 0.254 e. The Kier molecular flexibility index (Phi) is 6.57. The summed E-state index contributed by atoms with van der Waals surface area (Å²) in [6.07, 6.45) is 0. The summed E-state index contributed by atoms with van der Waals surface area (Å²) >= 11 is 0. The summed E-state index contributed by atoms with van der Waals surface area (Å²) in [5.41, 5.74) is 2.72. The highest BCUT2D eigenvalue weighted by molar-refractivity contribution is 5.95. The first-order chi connectivity index (χ1) is 13.5. The quantitative estimate of drug-likeness (QED) is 0.727. The second-order valence-corrected chi connectivity index (χ2v) is 6.90. The van der Waals surface area contributed by atoms with E-state index in [0.717, 1.165) is 36.7 Å². The van der Waals surface area contributed by atoms with Crippen molar-refractivity contribution in [1.82, 2.24) is 15.0 Å². The largest absolute Gasteiger partial charge is 0.490 e. The highest BCUT2D eigenvalue weighted by Crippen LogP contribution is 2.29. The first kappa shape index (κ1) is 20.2. The fourth-order valence-electron chi connectivity index (χ4n) is 3.43. The van der Waals surface area contributed by atoms with Crippen molar-refractivity contribution in [2.75, 3.05) is 39.4 Å². The van der Waals surface area contributed by atoms with E-state index in [4.69, 9.17) is 14.0 Å². The fraction of sp³-hybridized carbons (Fsp3) is 0.524. The fourth-order valence-corrected chi connectivity index (χ4v) is 3.43. The predicted octanol–water partition coefficient (Wildman–Crippen LogP) is 3.05. The number of aromatic nitrogens is 1. The molecule has 1 aliphatic heterocycles. The van der Waals surface area contributed by atoms with Gasteiger partial charge in [0.15, 0.2) is 11.5 Å². The van der Waals surface area contributed by atoms with Gasteiger partial charge in [-0.2, -0.15) is 0 Å². The van der Waals surface area contributed by atoms with Crippen LogP contribution in [0.1, 0.15) is 41.2 Å². The van der Waals surface area contributed by atoms with Crippen molar-refractivity contribution in [3.05, 3.63) is 40.8 Å². The second-order valence-electron chi connectivity index (χ2n) is 6.90. The normalized spacial score (nSPS) is 14.9. The molecule has 0 bridgehead atoms. The molecule has 0 unspecified atom stereocenters. The van der Waals surface area contributed by atoms with Crippen LogP contribution in [0.4, 0.5) is 0 Å². The Morgan fingerprint density at radius 2 is 1.75 bits per heavy atom. The van der Waals surface area contributed by atoms with Gasteiger partial charge in [0.05, 0.1) is 18.9 Å². The average molecular weight is 387 g/mol. The van der Waals surface area contributed by atoms with Crippen LogP contribution in [-0.2, 0) is 6.54 Å². The zero-order valence-corrected chi connectivity index (χ0v) is 17.2. The van der Waals surface area contributed by atoms with Gasteiger partial charge in [-0.3, -0.25) is 9.69 Å². The molecule has 0 N–H and O–H groups in total. The zero-order valence-electron chi connectivity index (χ0n) is 17.2. The molecule has 1 amide bonds. The molecule has 2 heterocycles. The first-order valence-electron chi connectivity index (χ1n) is 9.86. The van der Waals surface area contributed by atoms with Crippen LogP contribution in [0.25, 0.3) is 0 Å². The number of piperazine rings is 1. The van der Waals surface area contributed by atoms with Crippen LogP contribution < -0.4 is 9.47 Å². The van der Waals surface area contributed by atoms with Crippen molar-refractivity contribution in [2.45, 2.75) is 34.2 Å². The maximum Gasteiger partial charge on any atom is 0.254 e. The maximum absolute atomic E-state index is 12.9. The molecule has 1 fully saturated rings. The maximum atomic E-state index is 12.9. The minimum atomic E-state index is 0.0287. The van der Waals surface area contributed by atoms with Crippen LogP contribution >= 0.6 is 0 Å². The summed E-state index contributed by atoms with van der Waals surface area (Å²) in [5, 5.41) is 4.02. The third kappa shape index (κ3) is 4.47. The minimum absolute atomic E-state index is 0.0287. The molecule has 0 aliphatic carbocycles. The number of hydrogen-bond donors (Lipinski definition) is 0. The molecular formula is C21H29N3O4. The van der Waals surface area contributed by atoms with Crippen molar-refractivity contribution in [2.24, 2.45) is 0 Å². The third-order valence-electron chi connectivity index (χ3n) is 5.01. The highest BCUT2D eigenvalue weighted by Gasteiger charge is 2.24. The van der Waals surface area contributed by atoms with E-state index in [1.54, 1.807) is 6.07 Å². The van der Waals surface area contributed by atoms with Crippen molar-refractivity contribution in [3.63, 3.8) is 0 Å². The van der Waals surface area contributed by atoms with Gasteiger partial charge in [0.2, 0.25) is 0 Å². The third-order valence-corrected chi connectivity index (χ3v) is 5.01. The average Bonchev–Trinajstić information content (AvgIpc) is 3.02. The molecule has 0 saturated carbocycles. The minimum Gasteiger partial charge on any atom is -0.490 e. The van der Waals surface area contributed by atoms with E-state index in [-0.39, 0.29) is 5.91 Å². The summed E-state index contributed by atoms with van der Waals surface area (Å²) in [4.78, 5) is 17.2. The number of benzene rings is 1. The lowest BCUT2D eigenvalue weighted by Gasteiger charge is -2.34. The predicted molar refractivity (Wildman–Crippen MR) is 106 cm³/mol. The van der Waals surface area contributed by atoms with Gasteiger partial charge in [-0.05, 0) is 45.9 Å². The molecule has 1 aliphatic rings. The lowest BCUT2D eigenvalue weighted by atomic mass is 10.1. The van der Waals surface area contributed by atoms with E-state index in [1.165, 1.54) is 0 Å². The lowest BCUT2D eigenvalue weighted by Crippen LogP contribution is -2.48. The molecule has 3 rings (SSSR count). The van der Waals surface area contributed by atoms with Crippen LogP contribution in [0.15, 0.2) is 22.7 Å². The van der Waals surface area contributed by atoms with E-state index in [2.05, 4.69) is 10.1 Å². The SMILES string of the molecule is CCOc1ccc(C(=O)N2CCN(Cc3c(C)noc3C)CC2)cc1OCC. The number of nitrogens with zero attached hydrogens (tertiary/aromatic N) is 3. The van der Waals surface area contributed by atoms with E-state index in [1.807, 2.05) is 44.7 Å². The van der Waals surface area contributed by atoms with Crippen LogP contribution in [0.3, 0.4) is 0 Å². The van der Waals surface area contributed by atoms with Gasteiger partial charge in [-0.1, -0.05) is 5.16 Å². The monoisotopic (exact) mass is 387 g/mol. The summed E-state index contributed by atoms with van der Waals surface area (Å²) in [6.45, 7) is 12.7. The number of hydrogen-bond acceptors (Lipinski definition) is 6. The second kappa shape index (κ2) is 9.10. The molecule has 7 heteroatoms. The molecule has 152 valence electrons. The summed E-state index contributed by atoms with van der Waals surface area (Å²) in [6, 6.07) is 5.41. The molecule has 1 aromatic carbocycles. The highest BCUT2D eigenvalue weighted by atomic mass is 16.5. The van der Waals surface area contributed by atoms with Crippen LogP contribution in [-0.4, -0.2) is 60.3 Å². The van der Waals surface area contributed by atoms with Crippen molar-refractivity contribution in [1.29, 1.82) is 0 Å². The Hall–Kier alpha value is -2.54. The Labute approximate surface area is 166 Å². The molecule has 7 nitrogen and oxygen atoms in total. The van der Waals surface area contributed by atoms with Gasteiger partial charge in [0.1, 0.15) is 5.76 Å². The standard InChI is InChI=1S/C21H29N3O4/c1-5-26-19-8-7-17(13-20(19)27-6-2)21(25)24-11-9-23(10-12-24)14-18-15(3)22-28-16(18)4/h7-8,13H,5-6,9-12,14H2,1-4H3. The van der Waals surface area contributed by atoms with Gasteiger partial charge >= 0.3 is 0 Å². The van der Waals surface area contributed by atoms with E-state index >= 15 is 0 Å². The van der Waals surface area contributed by atoms with Crippen molar-refractivity contribution < 1.29 is 18.8 Å². The molecule has 1 saturated heterocycles. The summed E-state index contributed by atoms with van der Waals surface area (Å²) in [7, 11) is 0. The van der Waals surface area contributed by atoms with E-state index in [0.29, 0.717) is 43.4 Å². The Morgan fingerprint density at radius 3 is 2.36 bits per heavy atom. The van der Waals surface area contributed by atoms with Gasteiger partial charge in [-0.25, -0.2) is 0 Å². The molecule has 0 spiro atoms. The summed E-state index contributed by atoms with van der Waals surface area (Å²) in [5.74, 6) is 2.19. The molecule has 28 heavy (non-hydrogen) atoms. The number of aryl methyl sites for hydroxylation is 2. The molecule has 1 aromatic heterocycles. The van der Waals surface area contributed by atoms with Crippen molar-refractivity contribution >= 4 is 5.91 Å². The Morgan fingerprint density at radius 1 is 1.07 bits per heavy atom. The molecule has 2 aromatic rings. The molecular weight excluding hydrogens is 358 g/mol. The van der Waals surface area contributed by atoms with Gasteiger partial charge in [0.25, 0.3) is 5.91 Å². The number of amides is 1. The summed E-state index contributed by atoms with van der Waals surface area (Å²) < 4.78 is 16.5. The molecule has 0 atom stereocenters. The Balaban J connectivity index is 1.62. The van der Waals surface area contributed by atoms with Crippen LogP contribution in [0, 0.1) is 13.8 Å². The van der Waals surface area contributed by atoms with E-state index in [9.17, 15) is 4.79 Å². The van der Waals surface area contributed by atoms with Gasteiger partial charge < -0.3 is 18.9 Å².